The van der Waals surface area contributed by atoms with Gasteiger partial charge in [-0.25, -0.2) is 0 Å². The van der Waals surface area contributed by atoms with Gasteiger partial charge in [-0.15, -0.1) is 0 Å². The number of carbonyl (C=O) groups is 1. The zero-order chi connectivity index (χ0) is 12.6. The second-order valence-electron chi connectivity index (χ2n) is 4.44. The summed E-state index contributed by atoms with van der Waals surface area (Å²) >= 11 is 0. The molecule has 0 bridgehead atoms. The molecule has 0 saturated carbocycles. The van der Waals surface area contributed by atoms with Crippen LogP contribution in [0.2, 0.25) is 0 Å². The molecular formula is C10H18N2O5. The number of aliphatic hydroxyl groups excluding tert-OH is 3. The fourth-order valence-corrected chi connectivity index (χ4v) is 2.24. The fourth-order valence-electron chi connectivity index (χ4n) is 2.24. The number of nitrogens with one attached hydrogen (secondary N) is 1. The molecule has 0 aromatic heterocycles. The van der Waals surface area contributed by atoms with E-state index in [4.69, 9.17) is 9.84 Å². The molecule has 5 atom stereocenters. The standard InChI is InChI=1S/C10H18N2O5/c1-5-9(16)12(3-2-11-5)10-8(15)7(14)6(4-13)17-10/h5-8,10-11,13-15H,2-4H2,1H3/t5-,6-,7-,8-,10-/m1/s1. The Morgan fingerprint density at radius 3 is 2.76 bits per heavy atom. The van der Waals surface area contributed by atoms with Crippen LogP contribution in [0.3, 0.4) is 0 Å². The highest BCUT2D eigenvalue weighted by Crippen LogP contribution is 2.25. The lowest BCUT2D eigenvalue weighted by Gasteiger charge is -2.36. The number of nitrogens with zero attached hydrogens (tertiary/aromatic N) is 1. The lowest BCUT2D eigenvalue weighted by molar-refractivity contribution is -0.157. The number of ether oxygens (including phenoxy) is 1. The van der Waals surface area contributed by atoms with Gasteiger partial charge in [0, 0.05) is 13.1 Å². The second kappa shape index (κ2) is 4.87. The van der Waals surface area contributed by atoms with Crippen LogP contribution < -0.4 is 5.32 Å². The van der Waals surface area contributed by atoms with E-state index < -0.39 is 24.5 Å². The molecule has 1 amide bonds. The van der Waals surface area contributed by atoms with E-state index in [-0.39, 0.29) is 18.6 Å². The van der Waals surface area contributed by atoms with E-state index in [1.165, 1.54) is 4.90 Å². The van der Waals surface area contributed by atoms with Gasteiger partial charge in [-0.05, 0) is 6.92 Å². The third kappa shape index (κ3) is 2.16. The molecule has 0 spiro atoms. The Labute approximate surface area is 99.0 Å². The molecule has 2 saturated heterocycles. The minimum atomic E-state index is -1.18. The summed E-state index contributed by atoms with van der Waals surface area (Å²) in [6.07, 6.45) is -4.06. The predicted octanol–water partition coefficient (Wildman–Crippen LogP) is -2.75. The highest BCUT2D eigenvalue weighted by molar-refractivity contribution is 5.82. The molecule has 0 aromatic rings. The SMILES string of the molecule is C[C@H]1NCCN([C@@H]2O[C@H](CO)[C@@H](O)[C@H]2O)C1=O. The zero-order valence-electron chi connectivity index (χ0n) is 9.61. The molecule has 7 heteroatoms. The van der Waals surface area contributed by atoms with Crippen LogP contribution in [0.4, 0.5) is 0 Å². The van der Waals surface area contributed by atoms with Crippen LogP contribution in [-0.2, 0) is 9.53 Å². The molecule has 0 unspecified atom stereocenters. The Hall–Kier alpha value is -0.730. The van der Waals surface area contributed by atoms with Crippen LogP contribution in [0.15, 0.2) is 0 Å². The Morgan fingerprint density at radius 1 is 1.47 bits per heavy atom. The molecule has 0 aromatic carbocycles. The average Bonchev–Trinajstić information content (AvgIpc) is 2.60. The molecule has 2 fully saturated rings. The normalized spacial score (nSPS) is 43.2. The number of hydrogen-bond acceptors (Lipinski definition) is 6. The Kier molecular flexibility index (Phi) is 3.64. The van der Waals surface area contributed by atoms with Gasteiger partial charge in [0.1, 0.15) is 18.3 Å². The van der Waals surface area contributed by atoms with Crippen molar-refractivity contribution in [1.82, 2.24) is 10.2 Å². The molecule has 2 heterocycles. The maximum absolute atomic E-state index is 11.9. The van der Waals surface area contributed by atoms with Crippen molar-refractivity contribution in [2.45, 2.75) is 37.5 Å². The average molecular weight is 246 g/mol. The van der Waals surface area contributed by atoms with Gasteiger partial charge in [0.15, 0.2) is 6.23 Å². The van der Waals surface area contributed by atoms with E-state index in [9.17, 15) is 15.0 Å². The summed E-state index contributed by atoms with van der Waals surface area (Å²) in [6.45, 7) is 2.37. The monoisotopic (exact) mass is 246 g/mol. The van der Waals surface area contributed by atoms with Crippen molar-refractivity contribution < 1.29 is 24.9 Å². The quantitative estimate of drug-likeness (QED) is 0.421. The topological polar surface area (TPSA) is 102 Å². The van der Waals surface area contributed by atoms with Crippen molar-refractivity contribution in [2.75, 3.05) is 19.7 Å². The first-order chi connectivity index (χ1) is 8.06. The smallest absolute Gasteiger partial charge is 0.241 e. The molecule has 0 aliphatic carbocycles. The summed E-state index contributed by atoms with van der Waals surface area (Å²) in [5.74, 6) is -0.175. The summed E-state index contributed by atoms with van der Waals surface area (Å²) in [6, 6.07) is -0.329. The molecule has 98 valence electrons. The molecule has 4 N–H and O–H groups in total. The van der Waals surface area contributed by atoms with Gasteiger partial charge in [0.2, 0.25) is 5.91 Å². The third-order valence-corrected chi connectivity index (χ3v) is 3.28. The third-order valence-electron chi connectivity index (χ3n) is 3.28. The van der Waals surface area contributed by atoms with E-state index in [1.54, 1.807) is 6.92 Å². The van der Waals surface area contributed by atoms with Crippen molar-refractivity contribution in [3.05, 3.63) is 0 Å². The van der Waals surface area contributed by atoms with Gasteiger partial charge in [-0.3, -0.25) is 4.79 Å². The first-order valence-corrected chi connectivity index (χ1v) is 5.72. The molecule has 2 aliphatic heterocycles. The number of rotatable bonds is 2. The summed E-state index contributed by atoms with van der Waals surface area (Å²) in [7, 11) is 0. The van der Waals surface area contributed by atoms with E-state index in [1.807, 2.05) is 0 Å². The maximum atomic E-state index is 11.9. The van der Waals surface area contributed by atoms with Crippen LogP contribution in [0, 0.1) is 0 Å². The van der Waals surface area contributed by atoms with Crippen molar-refractivity contribution in [1.29, 1.82) is 0 Å². The number of aliphatic hydroxyl groups is 3. The van der Waals surface area contributed by atoms with Gasteiger partial charge in [-0.1, -0.05) is 0 Å². The fraction of sp³-hybridized carbons (Fsp3) is 0.900. The van der Waals surface area contributed by atoms with Crippen molar-refractivity contribution in [3.63, 3.8) is 0 Å². The van der Waals surface area contributed by atoms with E-state index in [0.29, 0.717) is 13.1 Å². The summed E-state index contributed by atoms with van der Waals surface area (Å²) in [4.78, 5) is 13.3. The number of carbonyl (C=O) groups excluding carboxylic acids is 1. The summed E-state index contributed by atoms with van der Waals surface area (Å²) in [5.41, 5.74) is 0. The van der Waals surface area contributed by atoms with E-state index in [2.05, 4.69) is 5.32 Å². The Balaban J connectivity index is 2.09. The summed E-state index contributed by atoms with van der Waals surface area (Å²) < 4.78 is 5.32. The Morgan fingerprint density at radius 2 is 2.18 bits per heavy atom. The van der Waals surface area contributed by atoms with E-state index in [0.717, 1.165) is 0 Å². The molecule has 2 aliphatic rings. The molecule has 2 rings (SSSR count). The second-order valence-corrected chi connectivity index (χ2v) is 4.44. The minimum absolute atomic E-state index is 0.175. The molecular weight excluding hydrogens is 228 g/mol. The number of amides is 1. The van der Waals surface area contributed by atoms with Crippen LogP contribution in [0.1, 0.15) is 6.92 Å². The van der Waals surface area contributed by atoms with Crippen LogP contribution >= 0.6 is 0 Å². The summed E-state index contributed by atoms with van der Waals surface area (Å²) in [5, 5.41) is 31.4. The predicted molar refractivity (Wildman–Crippen MR) is 56.9 cm³/mol. The van der Waals surface area contributed by atoms with Crippen LogP contribution in [0.5, 0.6) is 0 Å². The lowest BCUT2D eigenvalue weighted by Crippen LogP contribution is -2.59. The first kappa shape index (κ1) is 12.7. The van der Waals surface area contributed by atoms with Crippen molar-refractivity contribution in [3.8, 4) is 0 Å². The van der Waals surface area contributed by atoms with Crippen LogP contribution in [-0.4, -0.2) is 76.4 Å². The van der Waals surface area contributed by atoms with Gasteiger partial charge in [-0.2, -0.15) is 0 Å². The molecule has 7 nitrogen and oxygen atoms in total. The highest BCUT2D eigenvalue weighted by Gasteiger charge is 2.47. The Bertz CT molecular complexity index is 300. The number of hydrogen-bond donors (Lipinski definition) is 4. The van der Waals surface area contributed by atoms with Gasteiger partial charge < -0.3 is 30.3 Å². The van der Waals surface area contributed by atoms with E-state index >= 15 is 0 Å². The number of piperazine rings is 1. The highest BCUT2D eigenvalue weighted by atomic mass is 16.6. The largest absolute Gasteiger partial charge is 0.394 e. The van der Waals surface area contributed by atoms with Gasteiger partial charge >= 0.3 is 0 Å². The first-order valence-electron chi connectivity index (χ1n) is 5.72. The van der Waals surface area contributed by atoms with Crippen molar-refractivity contribution in [2.24, 2.45) is 0 Å². The van der Waals surface area contributed by atoms with Crippen LogP contribution in [0.25, 0.3) is 0 Å². The van der Waals surface area contributed by atoms with Crippen molar-refractivity contribution >= 4 is 5.91 Å². The minimum Gasteiger partial charge on any atom is -0.394 e. The van der Waals surface area contributed by atoms with Gasteiger partial charge in [0.05, 0.1) is 12.6 Å². The van der Waals surface area contributed by atoms with Gasteiger partial charge in [0.25, 0.3) is 0 Å². The maximum Gasteiger partial charge on any atom is 0.241 e. The molecule has 0 radical (unpaired) electrons. The molecule has 17 heavy (non-hydrogen) atoms. The lowest BCUT2D eigenvalue weighted by atomic mass is 10.1. The zero-order valence-corrected chi connectivity index (χ0v) is 9.61.